The number of amides is 2. The number of hydrogen-bond donors (Lipinski definition) is 3. The molecule has 1 aromatic heterocycles. The average molecular weight is 496 g/mol. The Morgan fingerprint density at radius 3 is 2.07 bits per heavy atom. The molecule has 0 fully saturated rings. The predicted molar refractivity (Wildman–Crippen MR) is 121 cm³/mol. The van der Waals surface area contributed by atoms with Crippen molar-refractivity contribution in [3.8, 4) is 0 Å². The van der Waals surface area contributed by atoms with E-state index < -0.39 is 33.8 Å². The Labute approximate surface area is 188 Å². The molecule has 5 N–H and O–H groups in total. The molecule has 0 aromatic carbocycles. The molecule has 3 atom stereocenters. The van der Waals surface area contributed by atoms with E-state index in [2.05, 4.69) is 9.08 Å². The molecule has 0 saturated carbocycles. The Morgan fingerprint density at radius 2 is 1.64 bits per heavy atom. The number of carbonyl (C=O) groups is 2. The monoisotopic (exact) mass is 494 g/mol. The van der Waals surface area contributed by atoms with Gasteiger partial charge in [-0.25, -0.2) is 4.21 Å². The SMILES string of the molecule is CC(C)C[C@H](N)C(=O)N=S(=O)(NC(=O)[C@@H](N)CC(C)C)c1csc(Cl)c1.Cl.Cl. The minimum Gasteiger partial charge on any atom is -0.320 e. The molecule has 28 heavy (non-hydrogen) atoms. The lowest BCUT2D eigenvalue weighted by Gasteiger charge is -2.17. The second-order valence-corrected chi connectivity index (χ2v) is 10.4. The van der Waals surface area contributed by atoms with Crippen molar-refractivity contribution in [2.75, 3.05) is 0 Å². The fraction of sp³-hybridized carbons (Fsp3) is 0.625. The van der Waals surface area contributed by atoms with Crippen molar-refractivity contribution < 1.29 is 13.8 Å². The van der Waals surface area contributed by atoms with Crippen molar-refractivity contribution in [3.05, 3.63) is 15.8 Å². The summed E-state index contributed by atoms with van der Waals surface area (Å²) in [4.78, 5) is 24.8. The van der Waals surface area contributed by atoms with Crippen LogP contribution in [0.3, 0.4) is 0 Å². The van der Waals surface area contributed by atoms with E-state index in [1.54, 1.807) is 0 Å². The zero-order chi connectivity index (χ0) is 20.1. The average Bonchev–Trinajstić information content (AvgIpc) is 2.92. The third kappa shape index (κ3) is 9.39. The minimum atomic E-state index is -3.57. The maximum atomic E-state index is 13.3. The quantitative estimate of drug-likeness (QED) is 0.509. The Kier molecular flexibility index (Phi) is 13.8. The van der Waals surface area contributed by atoms with Crippen molar-refractivity contribution in [3.63, 3.8) is 0 Å². The number of carbonyl (C=O) groups excluding carboxylic acids is 2. The lowest BCUT2D eigenvalue weighted by atomic mass is 10.0. The molecule has 1 unspecified atom stereocenters. The first-order chi connectivity index (χ1) is 11.9. The second kappa shape index (κ2) is 13.0. The molecule has 12 heteroatoms. The van der Waals surface area contributed by atoms with Crippen LogP contribution in [-0.4, -0.2) is 28.1 Å². The first-order valence-electron chi connectivity index (χ1n) is 8.32. The van der Waals surface area contributed by atoms with Crippen LogP contribution in [0.4, 0.5) is 0 Å². The topological polar surface area (TPSA) is 128 Å². The summed E-state index contributed by atoms with van der Waals surface area (Å²) in [6.07, 6.45) is 0.801. The molecule has 1 aromatic rings. The maximum Gasteiger partial charge on any atom is 0.272 e. The number of halogens is 3. The van der Waals surface area contributed by atoms with Crippen molar-refractivity contribution >= 4 is 69.5 Å². The summed E-state index contributed by atoms with van der Waals surface area (Å²) >= 11 is 7.03. The third-order valence-electron chi connectivity index (χ3n) is 3.42. The van der Waals surface area contributed by atoms with E-state index in [0.29, 0.717) is 17.2 Å². The van der Waals surface area contributed by atoms with Crippen LogP contribution >= 0.6 is 47.8 Å². The van der Waals surface area contributed by atoms with Gasteiger partial charge < -0.3 is 11.5 Å². The first kappa shape index (κ1) is 29.8. The molecule has 1 rings (SSSR count). The number of nitrogens with two attached hydrogens (primary N) is 2. The van der Waals surface area contributed by atoms with Crippen LogP contribution in [0, 0.1) is 11.8 Å². The zero-order valence-electron chi connectivity index (χ0n) is 16.2. The molecule has 0 aliphatic carbocycles. The number of hydrogen-bond acceptors (Lipinski definition) is 6. The van der Waals surface area contributed by atoms with Crippen LogP contribution in [0.5, 0.6) is 0 Å². The van der Waals surface area contributed by atoms with Crippen molar-refractivity contribution in [1.82, 2.24) is 4.72 Å². The molecule has 7 nitrogen and oxygen atoms in total. The normalized spacial score (nSPS) is 15.0. The van der Waals surface area contributed by atoms with Gasteiger partial charge in [-0.05, 0) is 30.7 Å². The maximum absolute atomic E-state index is 13.3. The van der Waals surface area contributed by atoms with Crippen LogP contribution in [0.15, 0.2) is 20.7 Å². The summed E-state index contributed by atoms with van der Waals surface area (Å²) < 4.78 is 19.8. The lowest BCUT2D eigenvalue weighted by Crippen LogP contribution is -2.44. The Morgan fingerprint density at radius 1 is 1.14 bits per heavy atom. The highest BCUT2D eigenvalue weighted by molar-refractivity contribution is 7.92. The van der Waals surface area contributed by atoms with E-state index in [9.17, 15) is 13.8 Å². The predicted octanol–water partition coefficient (Wildman–Crippen LogP) is 3.38. The second-order valence-electron chi connectivity index (χ2n) is 6.98. The summed E-state index contributed by atoms with van der Waals surface area (Å²) in [6, 6.07) is -0.348. The molecule has 0 radical (unpaired) electrons. The Bertz CT molecular complexity index is 762. The highest BCUT2D eigenvalue weighted by Gasteiger charge is 2.25. The van der Waals surface area contributed by atoms with E-state index in [0.717, 1.165) is 11.3 Å². The van der Waals surface area contributed by atoms with Gasteiger partial charge in [-0.1, -0.05) is 39.3 Å². The highest BCUT2D eigenvalue weighted by Crippen LogP contribution is 2.25. The van der Waals surface area contributed by atoms with Gasteiger partial charge in [0.1, 0.15) is 0 Å². The first-order valence-corrected chi connectivity index (χ1v) is 11.1. The third-order valence-corrected chi connectivity index (χ3v) is 6.45. The lowest BCUT2D eigenvalue weighted by molar-refractivity contribution is -0.120. The molecule has 0 saturated heterocycles. The van der Waals surface area contributed by atoms with E-state index >= 15 is 0 Å². The summed E-state index contributed by atoms with van der Waals surface area (Å²) in [6.45, 7) is 7.66. The van der Waals surface area contributed by atoms with E-state index in [1.165, 1.54) is 11.4 Å². The fourth-order valence-electron chi connectivity index (χ4n) is 2.20. The molecule has 0 aliphatic rings. The van der Waals surface area contributed by atoms with Crippen molar-refractivity contribution in [2.24, 2.45) is 27.7 Å². The van der Waals surface area contributed by atoms with Gasteiger partial charge in [-0.3, -0.25) is 14.3 Å². The van der Waals surface area contributed by atoms with Crippen LogP contribution in [0.25, 0.3) is 0 Å². The largest absolute Gasteiger partial charge is 0.320 e. The van der Waals surface area contributed by atoms with E-state index in [4.69, 9.17) is 23.1 Å². The van der Waals surface area contributed by atoms with Crippen LogP contribution < -0.4 is 16.2 Å². The molecule has 1 heterocycles. The Hall–Kier alpha value is -0.420. The molecule has 0 bridgehead atoms. The van der Waals surface area contributed by atoms with Crippen molar-refractivity contribution in [2.45, 2.75) is 57.5 Å². The summed E-state index contributed by atoms with van der Waals surface area (Å²) in [5.41, 5.74) is 11.7. The van der Waals surface area contributed by atoms with Gasteiger partial charge in [-0.2, -0.15) is 0 Å². The molecular weight excluding hydrogens is 467 g/mol. The van der Waals surface area contributed by atoms with Crippen LogP contribution in [0.2, 0.25) is 4.34 Å². The van der Waals surface area contributed by atoms with Gasteiger partial charge in [-0.15, -0.1) is 40.5 Å². The van der Waals surface area contributed by atoms with E-state index in [-0.39, 0.29) is 41.5 Å². The zero-order valence-corrected chi connectivity index (χ0v) is 20.2. The van der Waals surface area contributed by atoms with Gasteiger partial charge in [0.2, 0.25) is 5.91 Å². The summed E-state index contributed by atoms with van der Waals surface area (Å²) in [5, 5.41) is 1.49. The van der Waals surface area contributed by atoms with Gasteiger partial charge in [0.15, 0.2) is 9.92 Å². The number of rotatable bonds is 8. The standard InChI is InChI=1S/C16H27ClN4O3S2.2ClH/c1-9(2)5-12(18)15(22)20-26(24,11-7-14(17)25-8-11)21-16(23)13(19)6-10(3)4;;/h7-10,12-13H,5-6,18-19H2,1-4H3,(H,20,21,22,23,24);2*1H/t12-,13-;;/m0../s1. The summed E-state index contributed by atoms with van der Waals surface area (Å²) in [7, 11) is -3.57. The van der Waals surface area contributed by atoms with Crippen LogP contribution in [0.1, 0.15) is 40.5 Å². The van der Waals surface area contributed by atoms with Gasteiger partial charge >= 0.3 is 0 Å². The minimum absolute atomic E-state index is 0. The van der Waals surface area contributed by atoms with Gasteiger partial charge in [0, 0.05) is 5.38 Å². The van der Waals surface area contributed by atoms with Crippen molar-refractivity contribution in [1.29, 1.82) is 0 Å². The number of thiophene rings is 1. The highest BCUT2D eigenvalue weighted by atomic mass is 35.5. The molecule has 0 aliphatic heterocycles. The fourth-order valence-corrected chi connectivity index (χ4v) is 5.11. The molecule has 0 spiro atoms. The molecule has 2 amide bonds. The molecular formula is C16H29Cl3N4O3S2. The van der Waals surface area contributed by atoms with Crippen LogP contribution in [-0.2, 0) is 19.5 Å². The van der Waals surface area contributed by atoms with Gasteiger partial charge in [0.05, 0.1) is 21.3 Å². The number of nitrogens with zero attached hydrogens (tertiary/aromatic N) is 1. The molecule has 164 valence electrons. The van der Waals surface area contributed by atoms with Gasteiger partial charge in [0.25, 0.3) is 5.91 Å². The number of nitrogens with one attached hydrogen (secondary N) is 1. The summed E-state index contributed by atoms with van der Waals surface area (Å²) in [5.74, 6) is -1.02. The smallest absolute Gasteiger partial charge is 0.272 e. The Balaban J connectivity index is 0. The van der Waals surface area contributed by atoms with E-state index in [1.807, 2.05) is 27.7 Å².